The molecule has 0 unspecified atom stereocenters. The number of thiophene rings is 1. The van der Waals surface area contributed by atoms with Crippen molar-refractivity contribution in [1.82, 2.24) is 0 Å². The third-order valence-electron chi connectivity index (χ3n) is 3.29. The fourth-order valence-corrected chi connectivity index (χ4v) is 3.27. The van der Waals surface area contributed by atoms with Crippen LogP contribution < -0.4 is 0 Å². The molecule has 0 spiro atoms. The third-order valence-corrected chi connectivity index (χ3v) is 9.30. The van der Waals surface area contributed by atoms with E-state index in [-0.39, 0.29) is 5.04 Å². The summed E-state index contributed by atoms with van der Waals surface area (Å²) in [6.45, 7) is 14.1. The van der Waals surface area contributed by atoms with Gasteiger partial charge in [-0.15, -0.1) is 11.3 Å². The summed E-state index contributed by atoms with van der Waals surface area (Å²) in [5, 5.41) is 0.267. The van der Waals surface area contributed by atoms with Crippen molar-refractivity contribution in [1.29, 1.82) is 0 Å². The Hall–Kier alpha value is 0.167. The number of aryl methyl sites for hydroxylation is 1. The maximum absolute atomic E-state index is 6.14. The molecule has 16 heavy (non-hydrogen) atoms. The number of hydrogen-bond acceptors (Lipinski definition) is 2. The molecule has 4 heteroatoms. The molecule has 0 N–H and O–H groups in total. The molecule has 1 nitrogen and oxygen atoms in total. The normalized spacial score (nSPS) is 13.2. The molecule has 92 valence electrons. The molecule has 1 rings (SSSR count). The first-order valence-corrected chi connectivity index (χ1v) is 9.62. The molecule has 0 aliphatic carbocycles. The van der Waals surface area contributed by atoms with Gasteiger partial charge in [0.25, 0.3) is 0 Å². The molecule has 0 radical (unpaired) electrons. The van der Waals surface area contributed by atoms with Gasteiger partial charge in [-0.05, 0) is 36.7 Å². The monoisotopic (exact) mass is 276 g/mol. The second kappa shape index (κ2) is 4.81. The highest BCUT2D eigenvalue weighted by molar-refractivity contribution is 7.16. The van der Waals surface area contributed by atoms with Gasteiger partial charge in [0, 0.05) is 4.88 Å². The molecule has 0 bridgehead atoms. The van der Waals surface area contributed by atoms with E-state index in [2.05, 4.69) is 39.9 Å². The first-order valence-electron chi connectivity index (χ1n) is 5.52. The molecule has 0 aliphatic rings. The van der Waals surface area contributed by atoms with Crippen LogP contribution in [0.1, 0.15) is 31.2 Å². The van der Waals surface area contributed by atoms with E-state index in [1.165, 1.54) is 4.88 Å². The van der Waals surface area contributed by atoms with E-state index in [1.807, 2.05) is 6.92 Å². The maximum Gasteiger partial charge on any atom is 0.192 e. The summed E-state index contributed by atoms with van der Waals surface area (Å²) < 4.78 is 7.02. The second-order valence-corrected chi connectivity index (χ2v) is 12.3. The Morgan fingerprint density at radius 3 is 2.31 bits per heavy atom. The highest BCUT2D eigenvalue weighted by atomic mass is 35.5. The van der Waals surface area contributed by atoms with Gasteiger partial charge in [0.15, 0.2) is 8.32 Å². The second-order valence-electron chi connectivity index (χ2n) is 5.72. The molecular formula is C12H21ClOSSi. The molecule has 0 aliphatic heterocycles. The van der Waals surface area contributed by atoms with Crippen LogP contribution in [0.3, 0.4) is 0 Å². The molecule has 1 heterocycles. The van der Waals surface area contributed by atoms with Crippen LogP contribution in [-0.4, -0.2) is 8.32 Å². The maximum atomic E-state index is 6.14. The minimum Gasteiger partial charge on any atom is -0.412 e. The SMILES string of the molecule is Cc1cc(CO[Si](C)(C)C(C)(C)C)sc1Cl. The molecule has 0 saturated heterocycles. The van der Waals surface area contributed by atoms with Gasteiger partial charge in [-0.1, -0.05) is 32.4 Å². The molecule has 1 aromatic heterocycles. The fraction of sp³-hybridized carbons (Fsp3) is 0.667. The van der Waals surface area contributed by atoms with Crippen LogP contribution in [0.2, 0.25) is 22.5 Å². The van der Waals surface area contributed by atoms with Crippen molar-refractivity contribution in [2.75, 3.05) is 0 Å². The quantitative estimate of drug-likeness (QED) is 0.687. The minimum atomic E-state index is -1.63. The van der Waals surface area contributed by atoms with E-state index in [0.29, 0.717) is 6.61 Å². The Kier molecular flexibility index (Phi) is 4.27. The summed E-state index contributed by atoms with van der Waals surface area (Å²) in [5.74, 6) is 0. The lowest BCUT2D eigenvalue weighted by Crippen LogP contribution is -2.40. The molecule has 0 amide bonds. The summed E-state index contributed by atoms with van der Waals surface area (Å²) in [4.78, 5) is 1.23. The van der Waals surface area contributed by atoms with Gasteiger partial charge in [0.1, 0.15) is 0 Å². The van der Waals surface area contributed by atoms with Crippen LogP contribution >= 0.6 is 22.9 Å². The van der Waals surface area contributed by atoms with Crippen LogP contribution in [0, 0.1) is 6.92 Å². The Morgan fingerprint density at radius 1 is 1.38 bits per heavy atom. The van der Waals surface area contributed by atoms with Crippen LogP contribution in [0.4, 0.5) is 0 Å². The van der Waals surface area contributed by atoms with Crippen molar-refractivity contribution in [2.45, 2.75) is 52.4 Å². The summed E-state index contributed by atoms with van der Waals surface area (Å²) in [5.41, 5.74) is 1.15. The Balaban J connectivity index is 2.65. The lowest BCUT2D eigenvalue weighted by atomic mass is 10.2. The van der Waals surface area contributed by atoms with Gasteiger partial charge >= 0.3 is 0 Å². The van der Waals surface area contributed by atoms with Crippen LogP contribution in [0.15, 0.2) is 6.07 Å². The van der Waals surface area contributed by atoms with Gasteiger partial charge in [-0.2, -0.15) is 0 Å². The average Bonchev–Trinajstić information content (AvgIpc) is 2.41. The topological polar surface area (TPSA) is 9.23 Å². The number of halogens is 1. The van der Waals surface area contributed by atoms with E-state index >= 15 is 0 Å². The van der Waals surface area contributed by atoms with Crippen LogP contribution in [0.25, 0.3) is 0 Å². The van der Waals surface area contributed by atoms with Crippen molar-refractivity contribution in [3.8, 4) is 0 Å². The zero-order valence-electron chi connectivity index (χ0n) is 11.0. The smallest absolute Gasteiger partial charge is 0.192 e. The molecule has 0 saturated carbocycles. The van der Waals surface area contributed by atoms with Crippen molar-refractivity contribution in [2.24, 2.45) is 0 Å². The van der Waals surface area contributed by atoms with Gasteiger partial charge in [0.2, 0.25) is 0 Å². The first kappa shape index (κ1) is 14.2. The highest BCUT2D eigenvalue weighted by Gasteiger charge is 2.37. The Morgan fingerprint density at radius 2 is 1.94 bits per heavy atom. The highest BCUT2D eigenvalue weighted by Crippen LogP contribution is 2.37. The summed E-state index contributed by atoms with van der Waals surface area (Å²) in [7, 11) is -1.63. The zero-order chi connectivity index (χ0) is 12.6. The van der Waals surface area contributed by atoms with Gasteiger partial charge < -0.3 is 4.43 Å². The van der Waals surface area contributed by atoms with Gasteiger partial charge in [-0.3, -0.25) is 0 Å². The standard InChI is InChI=1S/C12H21ClOSSi/c1-9-7-10(15-11(9)13)8-14-16(5,6)12(2,3)4/h7H,8H2,1-6H3. The largest absolute Gasteiger partial charge is 0.412 e. The van der Waals surface area contributed by atoms with Gasteiger partial charge in [-0.25, -0.2) is 0 Å². The van der Waals surface area contributed by atoms with Crippen molar-refractivity contribution >= 4 is 31.3 Å². The van der Waals surface area contributed by atoms with E-state index < -0.39 is 8.32 Å². The molecular weight excluding hydrogens is 256 g/mol. The zero-order valence-corrected chi connectivity index (χ0v) is 13.6. The third kappa shape index (κ3) is 3.33. The summed E-state index contributed by atoms with van der Waals surface area (Å²) >= 11 is 7.67. The molecule has 1 aromatic rings. The molecule has 0 aromatic carbocycles. The van der Waals surface area contributed by atoms with E-state index in [0.717, 1.165) is 9.90 Å². The number of hydrogen-bond donors (Lipinski definition) is 0. The van der Waals surface area contributed by atoms with Gasteiger partial charge in [0.05, 0.1) is 10.9 Å². The van der Waals surface area contributed by atoms with Crippen molar-refractivity contribution in [3.05, 3.63) is 20.8 Å². The van der Waals surface area contributed by atoms with Crippen LogP contribution in [-0.2, 0) is 11.0 Å². The van der Waals surface area contributed by atoms with E-state index in [9.17, 15) is 0 Å². The Bertz CT molecular complexity index is 346. The van der Waals surface area contributed by atoms with Crippen molar-refractivity contribution < 1.29 is 4.43 Å². The average molecular weight is 277 g/mol. The summed E-state index contributed by atoms with van der Waals surface area (Å²) in [6.07, 6.45) is 0. The van der Waals surface area contributed by atoms with E-state index in [1.54, 1.807) is 11.3 Å². The molecule has 0 fully saturated rings. The lowest BCUT2D eigenvalue weighted by molar-refractivity contribution is 0.279. The molecule has 0 atom stereocenters. The first-order chi connectivity index (χ1) is 7.13. The predicted molar refractivity (Wildman–Crippen MR) is 76.1 cm³/mol. The summed E-state index contributed by atoms with van der Waals surface area (Å²) in [6, 6.07) is 2.13. The van der Waals surface area contributed by atoms with Crippen LogP contribution in [0.5, 0.6) is 0 Å². The fourth-order valence-electron chi connectivity index (χ4n) is 1.06. The lowest BCUT2D eigenvalue weighted by Gasteiger charge is -2.36. The Labute approximate surface area is 109 Å². The van der Waals surface area contributed by atoms with Crippen molar-refractivity contribution in [3.63, 3.8) is 0 Å². The van der Waals surface area contributed by atoms with E-state index in [4.69, 9.17) is 16.0 Å². The minimum absolute atomic E-state index is 0.267. The predicted octanol–water partition coefficient (Wildman–Crippen LogP) is 5.23. The number of rotatable bonds is 3.